The van der Waals surface area contributed by atoms with E-state index in [0.717, 1.165) is 22.6 Å². The monoisotopic (exact) mass is 470 g/mol. The molecule has 1 fully saturated rings. The van der Waals surface area contributed by atoms with Gasteiger partial charge in [0.05, 0.1) is 10.6 Å². The maximum absolute atomic E-state index is 12.3. The predicted molar refractivity (Wildman–Crippen MR) is 137 cm³/mol. The SMILES string of the molecule is O=C1NC(=Nc2ccc(Cl)cc2)S/C1=C\c1ccc(OCc2cccc3ccccc23)cc1. The number of nitrogens with one attached hydrogen (secondary N) is 1. The van der Waals surface area contributed by atoms with Gasteiger partial charge in [-0.2, -0.15) is 0 Å². The number of carbonyl (C=O) groups excluding carboxylic acids is 1. The molecule has 0 bridgehead atoms. The first-order valence-corrected chi connectivity index (χ1v) is 11.6. The van der Waals surface area contributed by atoms with E-state index < -0.39 is 0 Å². The van der Waals surface area contributed by atoms with E-state index in [1.807, 2.05) is 48.5 Å². The molecule has 33 heavy (non-hydrogen) atoms. The molecule has 1 saturated heterocycles. The van der Waals surface area contributed by atoms with Crippen LogP contribution in [0, 0.1) is 0 Å². The fraction of sp³-hybridized carbons (Fsp3) is 0.0370. The van der Waals surface area contributed by atoms with E-state index in [-0.39, 0.29) is 5.91 Å². The summed E-state index contributed by atoms with van der Waals surface area (Å²) in [4.78, 5) is 17.4. The van der Waals surface area contributed by atoms with Gasteiger partial charge in [0.15, 0.2) is 5.17 Å². The van der Waals surface area contributed by atoms with Crippen molar-refractivity contribution < 1.29 is 9.53 Å². The molecule has 0 saturated carbocycles. The van der Waals surface area contributed by atoms with E-state index in [2.05, 4.69) is 34.6 Å². The van der Waals surface area contributed by atoms with Gasteiger partial charge in [-0.25, -0.2) is 4.99 Å². The molecule has 1 N–H and O–H groups in total. The second kappa shape index (κ2) is 9.53. The Balaban J connectivity index is 1.25. The highest BCUT2D eigenvalue weighted by Gasteiger charge is 2.23. The average molecular weight is 471 g/mol. The zero-order valence-electron chi connectivity index (χ0n) is 17.5. The van der Waals surface area contributed by atoms with Crippen molar-refractivity contribution in [3.05, 3.63) is 112 Å². The van der Waals surface area contributed by atoms with Crippen LogP contribution in [0.1, 0.15) is 11.1 Å². The third-order valence-electron chi connectivity index (χ3n) is 5.16. The molecule has 4 nitrogen and oxygen atoms in total. The normalized spacial score (nSPS) is 15.8. The Morgan fingerprint density at radius 3 is 2.48 bits per heavy atom. The first kappa shape index (κ1) is 21.3. The lowest BCUT2D eigenvalue weighted by atomic mass is 10.1. The van der Waals surface area contributed by atoms with E-state index >= 15 is 0 Å². The van der Waals surface area contributed by atoms with E-state index in [4.69, 9.17) is 16.3 Å². The summed E-state index contributed by atoms with van der Waals surface area (Å²) >= 11 is 7.22. The standard InChI is InChI=1S/C27H19ClN2O2S/c28-21-10-12-22(13-11-21)29-27-30-26(31)25(33-27)16-18-8-14-23(15-9-18)32-17-20-6-3-5-19-4-1-2-7-24(19)20/h1-16H,17H2,(H,29,30,31)/b25-16-. The smallest absolute Gasteiger partial charge is 0.264 e. The molecule has 1 aliphatic rings. The summed E-state index contributed by atoms with van der Waals surface area (Å²) in [6.07, 6.45) is 1.85. The predicted octanol–water partition coefficient (Wildman–Crippen LogP) is 6.96. The van der Waals surface area contributed by atoms with Crippen molar-refractivity contribution in [2.24, 2.45) is 4.99 Å². The maximum atomic E-state index is 12.3. The largest absolute Gasteiger partial charge is 0.489 e. The number of nitrogens with zero attached hydrogens (tertiary/aromatic N) is 1. The molecule has 0 atom stereocenters. The Bertz CT molecular complexity index is 1370. The maximum Gasteiger partial charge on any atom is 0.264 e. The van der Waals surface area contributed by atoms with Gasteiger partial charge in [0.25, 0.3) is 5.91 Å². The molecular formula is C27H19ClN2O2S. The van der Waals surface area contributed by atoms with Crippen molar-refractivity contribution in [2.75, 3.05) is 0 Å². The Kier molecular flexibility index (Phi) is 6.15. The Morgan fingerprint density at radius 2 is 1.67 bits per heavy atom. The number of fused-ring (bicyclic) bond motifs is 1. The first-order chi connectivity index (χ1) is 16.1. The molecular weight excluding hydrogens is 452 g/mol. The molecule has 0 radical (unpaired) electrons. The van der Waals surface area contributed by atoms with Crippen LogP contribution in [-0.4, -0.2) is 11.1 Å². The zero-order valence-corrected chi connectivity index (χ0v) is 19.1. The number of thioether (sulfide) groups is 1. The summed E-state index contributed by atoms with van der Waals surface area (Å²) < 4.78 is 6.00. The summed E-state index contributed by atoms with van der Waals surface area (Å²) in [5, 5.41) is 6.39. The molecule has 0 aliphatic carbocycles. The summed E-state index contributed by atoms with van der Waals surface area (Å²) in [7, 11) is 0. The van der Waals surface area contributed by atoms with Crippen LogP contribution in [0.15, 0.2) is 101 Å². The van der Waals surface area contributed by atoms with Gasteiger partial charge in [0.2, 0.25) is 0 Å². The minimum Gasteiger partial charge on any atom is -0.489 e. The summed E-state index contributed by atoms with van der Waals surface area (Å²) in [5.41, 5.74) is 2.79. The average Bonchev–Trinajstić information content (AvgIpc) is 3.18. The molecule has 4 aromatic rings. The van der Waals surface area contributed by atoms with Gasteiger partial charge < -0.3 is 10.1 Å². The van der Waals surface area contributed by atoms with E-state index in [1.54, 1.807) is 24.3 Å². The lowest BCUT2D eigenvalue weighted by Gasteiger charge is -2.09. The van der Waals surface area contributed by atoms with Gasteiger partial charge in [-0.15, -0.1) is 0 Å². The number of rotatable bonds is 5. The highest BCUT2D eigenvalue weighted by Crippen LogP contribution is 2.29. The third kappa shape index (κ3) is 5.11. The lowest BCUT2D eigenvalue weighted by Crippen LogP contribution is -2.19. The van der Waals surface area contributed by atoms with Crippen molar-refractivity contribution in [3.8, 4) is 5.75 Å². The van der Waals surface area contributed by atoms with Gasteiger partial charge in [0.1, 0.15) is 12.4 Å². The summed E-state index contributed by atoms with van der Waals surface area (Å²) in [6, 6.07) is 29.4. The fourth-order valence-corrected chi connectivity index (χ4v) is 4.47. The molecule has 1 amide bonds. The number of benzene rings is 4. The first-order valence-electron chi connectivity index (χ1n) is 10.4. The van der Waals surface area contributed by atoms with Crippen LogP contribution in [-0.2, 0) is 11.4 Å². The minimum absolute atomic E-state index is 0.163. The number of amidine groups is 1. The highest BCUT2D eigenvalue weighted by atomic mass is 35.5. The second-order valence-corrected chi connectivity index (χ2v) is 8.92. The molecule has 1 aliphatic heterocycles. The van der Waals surface area contributed by atoms with Crippen LogP contribution in [0.3, 0.4) is 0 Å². The van der Waals surface area contributed by atoms with Crippen molar-refractivity contribution >= 4 is 57.0 Å². The highest BCUT2D eigenvalue weighted by molar-refractivity contribution is 8.18. The van der Waals surface area contributed by atoms with E-state index in [9.17, 15) is 4.79 Å². The van der Waals surface area contributed by atoms with Crippen LogP contribution in [0.5, 0.6) is 5.75 Å². The number of ether oxygens (including phenoxy) is 1. The van der Waals surface area contributed by atoms with Gasteiger partial charge in [-0.05, 0) is 76.1 Å². The molecule has 0 aromatic heterocycles. The van der Waals surface area contributed by atoms with Crippen molar-refractivity contribution in [2.45, 2.75) is 6.61 Å². The van der Waals surface area contributed by atoms with Crippen LogP contribution >= 0.6 is 23.4 Å². The number of halogens is 1. The third-order valence-corrected chi connectivity index (χ3v) is 6.32. The number of amides is 1. The molecule has 162 valence electrons. The molecule has 4 aromatic carbocycles. The lowest BCUT2D eigenvalue weighted by molar-refractivity contribution is -0.115. The summed E-state index contributed by atoms with van der Waals surface area (Å²) in [6.45, 7) is 0.491. The van der Waals surface area contributed by atoms with Crippen molar-refractivity contribution in [1.82, 2.24) is 5.32 Å². The van der Waals surface area contributed by atoms with Gasteiger partial charge in [-0.3, -0.25) is 4.79 Å². The van der Waals surface area contributed by atoms with Crippen molar-refractivity contribution in [3.63, 3.8) is 0 Å². The number of hydrogen-bond donors (Lipinski definition) is 1. The molecule has 0 unspecified atom stereocenters. The van der Waals surface area contributed by atoms with Crippen LogP contribution in [0.25, 0.3) is 16.8 Å². The Hall–Kier alpha value is -3.54. The van der Waals surface area contributed by atoms with Gasteiger partial charge in [-0.1, -0.05) is 66.2 Å². The quantitative estimate of drug-likeness (QED) is 0.320. The van der Waals surface area contributed by atoms with E-state index in [0.29, 0.717) is 21.7 Å². The van der Waals surface area contributed by atoms with Crippen LogP contribution in [0.2, 0.25) is 5.02 Å². The molecule has 1 heterocycles. The number of hydrogen-bond acceptors (Lipinski definition) is 4. The second-order valence-electron chi connectivity index (χ2n) is 7.45. The van der Waals surface area contributed by atoms with Crippen LogP contribution in [0.4, 0.5) is 5.69 Å². The Morgan fingerprint density at radius 1 is 0.909 bits per heavy atom. The van der Waals surface area contributed by atoms with E-state index in [1.165, 1.54) is 22.5 Å². The topological polar surface area (TPSA) is 50.7 Å². The molecule has 6 heteroatoms. The zero-order chi connectivity index (χ0) is 22.6. The van der Waals surface area contributed by atoms with Gasteiger partial charge in [0, 0.05) is 5.02 Å². The van der Waals surface area contributed by atoms with Crippen LogP contribution < -0.4 is 10.1 Å². The molecule has 5 rings (SSSR count). The Labute approximate surface area is 201 Å². The van der Waals surface area contributed by atoms with Gasteiger partial charge >= 0.3 is 0 Å². The molecule has 0 spiro atoms. The fourth-order valence-electron chi connectivity index (χ4n) is 3.50. The number of aliphatic imine (C=N–C) groups is 1. The number of carbonyl (C=O) groups is 1. The summed E-state index contributed by atoms with van der Waals surface area (Å²) in [5.74, 6) is 0.614. The minimum atomic E-state index is -0.163. The van der Waals surface area contributed by atoms with Crippen molar-refractivity contribution in [1.29, 1.82) is 0 Å².